The number of halogens is 3. The number of benzene rings is 1. The number of piperazine rings is 1. The third-order valence-corrected chi connectivity index (χ3v) is 4.31. The summed E-state index contributed by atoms with van der Waals surface area (Å²) in [6, 6.07) is 5.46. The van der Waals surface area contributed by atoms with Gasteiger partial charge in [-0.1, -0.05) is 18.2 Å². The van der Waals surface area contributed by atoms with Gasteiger partial charge >= 0.3 is 12.3 Å². The zero-order valence-electron chi connectivity index (χ0n) is 15.8. The van der Waals surface area contributed by atoms with Gasteiger partial charge in [0.25, 0.3) is 0 Å². The van der Waals surface area contributed by atoms with E-state index >= 15 is 0 Å². The average Bonchev–Trinajstić information content (AvgIpc) is 2.50. The summed E-state index contributed by atoms with van der Waals surface area (Å²) < 4.78 is 43.8. The van der Waals surface area contributed by atoms with E-state index in [0.717, 1.165) is 6.07 Å². The first-order valence-electron chi connectivity index (χ1n) is 8.84. The first-order chi connectivity index (χ1) is 12.0. The maximum atomic E-state index is 12.8. The number of carbonyl (C=O) groups excluding carboxylic acids is 1. The number of alkyl halides is 3. The van der Waals surface area contributed by atoms with Crippen LogP contribution in [0.5, 0.6) is 0 Å². The molecule has 4 nitrogen and oxygen atoms in total. The molecule has 1 aromatic carbocycles. The molecule has 0 saturated carbocycles. The molecule has 1 saturated heterocycles. The summed E-state index contributed by atoms with van der Waals surface area (Å²) in [4.78, 5) is 16.1. The van der Waals surface area contributed by atoms with Crippen molar-refractivity contribution < 1.29 is 22.7 Å². The van der Waals surface area contributed by atoms with Gasteiger partial charge in [-0.05, 0) is 45.7 Å². The maximum Gasteiger partial charge on any atom is 0.416 e. The highest BCUT2D eigenvalue weighted by Crippen LogP contribution is 2.29. The lowest BCUT2D eigenvalue weighted by atomic mass is 10.1. The second-order valence-electron chi connectivity index (χ2n) is 7.77. The summed E-state index contributed by atoms with van der Waals surface area (Å²) in [7, 11) is 0. The van der Waals surface area contributed by atoms with E-state index in [9.17, 15) is 18.0 Å². The molecule has 1 aliphatic rings. The van der Waals surface area contributed by atoms with Gasteiger partial charge in [-0.2, -0.15) is 13.2 Å². The Hall–Kier alpha value is -1.76. The third-order valence-electron chi connectivity index (χ3n) is 4.31. The fourth-order valence-electron chi connectivity index (χ4n) is 3.02. The summed E-state index contributed by atoms with van der Waals surface area (Å²) >= 11 is 0. The predicted molar refractivity (Wildman–Crippen MR) is 94.0 cm³/mol. The van der Waals surface area contributed by atoms with Crippen LogP contribution in [0.1, 0.15) is 38.8 Å². The van der Waals surface area contributed by atoms with Gasteiger partial charge in [-0.15, -0.1) is 0 Å². The Morgan fingerprint density at radius 3 is 2.50 bits per heavy atom. The van der Waals surface area contributed by atoms with Crippen LogP contribution in [0.25, 0.3) is 0 Å². The molecule has 26 heavy (non-hydrogen) atoms. The number of nitrogens with zero attached hydrogens (tertiary/aromatic N) is 2. The molecule has 0 aliphatic carbocycles. The van der Waals surface area contributed by atoms with Gasteiger partial charge in [-0.3, -0.25) is 4.90 Å². The highest BCUT2D eigenvalue weighted by atomic mass is 19.4. The summed E-state index contributed by atoms with van der Waals surface area (Å²) in [6.07, 6.45) is -4.09. The minimum Gasteiger partial charge on any atom is -0.444 e. The molecule has 146 valence electrons. The molecule has 0 aromatic heterocycles. The number of amides is 1. The molecule has 0 radical (unpaired) electrons. The minimum absolute atomic E-state index is 0.000101. The molecule has 1 fully saturated rings. The molecule has 1 atom stereocenters. The van der Waals surface area contributed by atoms with Crippen LogP contribution in [-0.2, 0) is 17.3 Å². The van der Waals surface area contributed by atoms with Crippen molar-refractivity contribution in [3.63, 3.8) is 0 Å². The van der Waals surface area contributed by atoms with Crippen LogP contribution in [0.2, 0.25) is 0 Å². The average molecular weight is 372 g/mol. The van der Waals surface area contributed by atoms with E-state index in [1.807, 2.05) is 27.7 Å². The molecule has 0 spiro atoms. The Balaban J connectivity index is 1.87. The van der Waals surface area contributed by atoms with Gasteiger partial charge in [0.1, 0.15) is 5.60 Å². The molecular weight excluding hydrogens is 345 g/mol. The van der Waals surface area contributed by atoms with Crippen molar-refractivity contribution in [1.82, 2.24) is 9.80 Å². The van der Waals surface area contributed by atoms with E-state index < -0.39 is 17.3 Å². The first-order valence-corrected chi connectivity index (χ1v) is 8.84. The first kappa shape index (κ1) is 20.6. The normalized spacial score (nSPS) is 19.5. The van der Waals surface area contributed by atoms with Crippen LogP contribution < -0.4 is 0 Å². The molecule has 1 aromatic rings. The zero-order chi connectivity index (χ0) is 19.5. The molecule has 0 unspecified atom stereocenters. The van der Waals surface area contributed by atoms with E-state index in [2.05, 4.69) is 4.90 Å². The number of ether oxygens (including phenoxy) is 1. The lowest BCUT2D eigenvalue weighted by molar-refractivity contribution is -0.137. The molecule has 1 heterocycles. The molecule has 1 aliphatic heterocycles. The van der Waals surface area contributed by atoms with Crippen molar-refractivity contribution in [3.8, 4) is 0 Å². The smallest absolute Gasteiger partial charge is 0.416 e. The van der Waals surface area contributed by atoms with E-state index in [4.69, 9.17) is 4.74 Å². The van der Waals surface area contributed by atoms with Crippen molar-refractivity contribution in [3.05, 3.63) is 35.4 Å². The zero-order valence-corrected chi connectivity index (χ0v) is 15.8. The van der Waals surface area contributed by atoms with Gasteiger partial charge in [0.15, 0.2) is 0 Å². The molecule has 7 heteroatoms. The van der Waals surface area contributed by atoms with Gasteiger partial charge in [0, 0.05) is 32.2 Å². The largest absolute Gasteiger partial charge is 0.444 e. The summed E-state index contributed by atoms with van der Waals surface area (Å²) in [5.41, 5.74) is -0.475. The van der Waals surface area contributed by atoms with Gasteiger partial charge in [0.05, 0.1) is 5.56 Å². The van der Waals surface area contributed by atoms with Crippen molar-refractivity contribution in [2.75, 3.05) is 26.2 Å². The van der Waals surface area contributed by atoms with Gasteiger partial charge in [-0.25, -0.2) is 4.79 Å². The summed E-state index contributed by atoms with van der Waals surface area (Å²) in [5.74, 6) is 0. The number of carbonyl (C=O) groups is 1. The van der Waals surface area contributed by atoms with Crippen molar-refractivity contribution in [2.45, 2.75) is 51.9 Å². The SMILES string of the molecule is C[C@@H]1CN(CCc2cccc(C(F)(F)F)c2)CCN1C(=O)OC(C)(C)C. The third kappa shape index (κ3) is 5.90. The van der Waals surface area contributed by atoms with E-state index in [1.165, 1.54) is 12.1 Å². The second-order valence-corrected chi connectivity index (χ2v) is 7.77. The summed E-state index contributed by atoms with van der Waals surface area (Å²) in [5, 5.41) is 0. The number of rotatable bonds is 3. The lowest BCUT2D eigenvalue weighted by Gasteiger charge is -2.40. The molecule has 2 rings (SSSR count). The van der Waals surface area contributed by atoms with Gasteiger partial charge < -0.3 is 9.64 Å². The lowest BCUT2D eigenvalue weighted by Crippen LogP contribution is -2.55. The Morgan fingerprint density at radius 2 is 1.92 bits per heavy atom. The van der Waals surface area contributed by atoms with Crippen LogP contribution >= 0.6 is 0 Å². The number of hydrogen-bond donors (Lipinski definition) is 0. The Labute approximate surface area is 152 Å². The fourth-order valence-corrected chi connectivity index (χ4v) is 3.02. The standard InChI is InChI=1S/C19H27F3N2O2/c1-14-13-23(10-11-24(14)17(25)26-18(2,3)4)9-8-15-6-5-7-16(12-15)19(20,21)22/h5-7,12,14H,8-11,13H2,1-4H3/t14-/m1/s1. The van der Waals surface area contributed by atoms with Gasteiger partial charge in [0.2, 0.25) is 0 Å². The van der Waals surface area contributed by atoms with Crippen LogP contribution in [0.15, 0.2) is 24.3 Å². The monoisotopic (exact) mass is 372 g/mol. The number of hydrogen-bond acceptors (Lipinski definition) is 3. The Kier molecular flexibility index (Phi) is 6.21. The Bertz CT molecular complexity index is 626. The van der Waals surface area contributed by atoms with Crippen LogP contribution in [0.4, 0.5) is 18.0 Å². The van der Waals surface area contributed by atoms with Crippen molar-refractivity contribution in [2.24, 2.45) is 0 Å². The topological polar surface area (TPSA) is 32.8 Å². The van der Waals surface area contributed by atoms with Crippen LogP contribution in [-0.4, -0.2) is 53.7 Å². The maximum absolute atomic E-state index is 12.8. The highest BCUT2D eigenvalue weighted by molar-refractivity contribution is 5.68. The molecular formula is C19H27F3N2O2. The van der Waals surface area contributed by atoms with E-state index in [0.29, 0.717) is 38.2 Å². The quantitative estimate of drug-likeness (QED) is 0.798. The van der Waals surface area contributed by atoms with Crippen LogP contribution in [0.3, 0.4) is 0 Å². The second kappa shape index (κ2) is 7.86. The van der Waals surface area contributed by atoms with E-state index in [1.54, 1.807) is 11.0 Å². The summed E-state index contributed by atoms with van der Waals surface area (Å²) in [6.45, 7) is 10.0. The highest BCUT2D eigenvalue weighted by Gasteiger charge is 2.31. The molecule has 0 N–H and O–H groups in total. The van der Waals surface area contributed by atoms with Crippen LogP contribution in [0, 0.1) is 0 Å². The van der Waals surface area contributed by atoms with E-state index in [-0.39, 0.29) is 12.1 Å². The minimum atomic E-state index is -4.32. The molecule has 0 bridgehead atoms. The predicted octanol–water partition coefficient (Wildman–Crippen LogP) is 4.19. The fraction of sp³-hybridized carbons (Fsp3) is 0.632. The Morgan fingerprint density at radius 1 is 1.23 bits per heavy atom. The molecule has 1 amide bonds. The van der Waals surface area contributed by atoms with Crippen molar-refractivity contribution >= 4 is 6.09 Å². The van der Waals surface area contributed by atoms with Crippen molar-refractivity contribution in [1.29, 1.82) is 0 Å².